The normalized spacial score (nSPS) is 20.0. The van der Waals surface area contributed by atoms with E-state index in [-0.39, 0.29) is 29.7 Å². The van der Waals surface area contributed by atoms with Crippen molar-refractivity contribution < 1.29 is 19.5 Å². The molecule has 138 valence electrons. The van der Waals surface area contributed by atoms with Crippen LogP contribution in [0.5, 0.6) is 0 Å². The van der Waals surface area contributed by atoms with Gasteiger partial charge in [-0.2, -0.15) is 0 Å². The number of aliphatic carboxylic acids is 1. The molecule has 6 heteroatoms. The molecule has 0 aromatic rings. The van der Waals surface area contributed by atoms with Crippen LogP contribution in [0, 0.1) is 17.3 Å². The summed E-state index contributed by atoms with van der Waals surface area (Å²) in [4.78, 5) is 37.2. The maximum Gasteiger partial charge on any atom is 0.309 e. The molecule has 2 amide bonds. The zero-order valence-corrected chi connectivity index (χ0v) is 15.6. The van der Waals surface area contributed by atoms with Gasteiger partial charge in [0.25, 0.3) is 0 Å². The quantitative estimate of drug-likeness (QED) is 0.710. The van der Waals surface area contributed by atoms with Crippen LogP contribution in [-0.4, -0.2) is 47.9 Å². The molecule has 0 aliphatic heterocycles. The molecule has 2 N–H and O–H groups in total. The molecule has 6 nitrogen and oxygen atoms in total. The summed E-state index contributed by atoms with van der Waals surface area (Å²) in [5.41, 5.74) is -0.679. The van der Waals surface area contributed by atoms with E-state index in [2.05, 4.69) is 5.32 Å². The summed E-state index contributed by atoms with van der Waals surface area (Å²) in [6.07, 6.45) is 4.33. The van der Waals surface area contributed by atoms with Gasteiger partial charge in [0, 0.05) is 33.0 Å². The van der Waals surface area contributed by atoms with Crippen molar-refractivity contribution in [1.29, 1.82) is 0 Å². The van der Waals surface area contributed by atoms with E-state index >= 15 is 0 Å². The average Bonchev–Trinajstić information content (AvgIpc) is 2.96. The standard InChI is InChI=1S/C18H32N2O4/c1-12(13(2)19-14(3)21)15(16(22)20(4)5)8-11-18(17(23)24)9-6-7-10-18/h12-13,15H,6-11H2,1-5H3,(H,19,21)(H,23,24). The van der Waals surface area contributed by atoms with E-state index in [1.54, 1.807) is 19.0 Å². The lowest BCUT2D eigenvalue weighted by Gasteiger charge is -2.33. The molecule has 0 saturated heterocycles. The van der Waals surface area contributed by atoms with Gasteiger partial charge in [-0.15, -0.1) is 0 Å². The minimum Gasteiger partial charge on any atom is -0.481 e. The minimum atomic E-state index is -0.737. The lowest BCUT2D eigenvalue weighted by atomic mass is 9.75. The third-order valence-electron chi connectivity index (χ3n) is 5.56. The zero-order chi connectivity index (χ0) is 18.5. The summed E-state index contributed by atoms with van der Waals surface area (Å²) in [6, 6.07) is -0.138. The van der Waals surface area contributed by atoms with E-state index < -0.39 is 11.4 Å². The molecule has 0 heterocycles. The van der Waals surface area contributed by atoms with Crippen molar-refractivity contribution in [2.24, 2.45) is 17.3 Å². The summed E-state index contributed by atoms with van der Waals surface area (Å²) in [6.45, 7) is 5.31. The molecular weight excluding hydrogens is 308 g/mol. The fourth-order valence-corrected chi connectivity index (χ4v) is 3.80. The van der Waals surface area contributed by atoms with Gasteiger partial charge in [0.05, 0.1) is 5.41 Å². The van der Waals surface area contributed by atoms with Crippen molar-refractivity contribution in [2.45, 2.75) is 65.3 Å². The van der Waals surface area contributed by atoms with Gasteiger partial charge in [-0.05, 0) is 38.5 Å². The Morgan fingerprint density at radius 2 is 1.71 bits per heavy atom. The largest absolute Gasteiger partial charge is 0.481 e. The van der Waals surface area contributed by atoms with Gasteiger partial charge in [0.1, 0.15) is 0 Å². The van der Waals surface area contributed by atoms with Gasteiger partial charge in [-0.3, -0.25) is 14.4 Å². The summed E-state index contributed by atoms with van der Waals surface area (Å²) >= 11 is 0. The maximum atomic E-state index is 12.6. The van der Waals surface area contributed by atoms with Crippen LogP contribution in [0.15, 0.2) is 0 Å². The van der Waals surface area contributed by atoms with Crippen LogP contribution in [0.3, 0.4) is 0 Å². The van der Waals surface area contributed by atoms with E-state index in [0.29, 0.717) is 25.7 Å². The Kier molecular flexibility index (Phi) is 7.24. The average molecular weight is 340 g/mol. The molecule has 0 aromatic heterocycles. The fraction of sp³-hybridized carbons (Fsp3) is 0.833. The van der Waals surface area contributed by atoms with Crippen LogP contribution in [-0.2, 0) is 14.4 Å². The number of carboxylic acid groups (broad SMARTS) is 1. The molecule has 1 fully saturated rings. The molecule has 24 heavy (non-hydrogen) atoms. The van der Waals surface area contributed by atoms with E-state index in [1.165, 1.54) is 6.92 Å². The molecule has 0 spiro atoms. The van der Waals surface area contributed by atoms with E-state index in [0.717, 1.165) is 12.8 Å². The van der Waals surface area contributed by atoms with Gasteiger partial charge in [0.15, 0.2) is 0 Å². The Morgan fingerprint density at radius 3 is 2.12 bits per heavy atom. The third-order valence-corrected chi connectivity index (χ3v) is 5.56. The molecule has 0 aromatic carbocycles. The molecular formula is C18H32N2O4. The van der Waals surface area contributed by atoms with Gasteiger partial charge < -0.3 is 15.3 Å². The van der Waals surface area contributed by atoms with Gasteiger partial charge in [-0.25, -0.2) is 0 Å². The first-order valence-electron chi connectivity index (χ1n) is 8.82. The van der Waals surface area contributed by atoms with Gasteiger partial charge in [-0.1, -0.05) is 19.8 Å². The highest BCUT2D eigenvalue weighted by atomic mass is 16.4. The maximum absolute atomic E-state index is 12.6. The van der Waals surface area contributed by atoms with Gasteiger partial charge in [0.2, 0.25) is 11.8 Å². The Hall–Kier alpha value is -1.59. The Labute approximate surface area is 145 Å². The molecule has 3 atom stereocenters. The third kappa shape index (κ3) is 4.95. The molecule has 1 aliphatic carbocycles. The van der Waals surface area contributed by atoms with E-state index in [9.17, 15) is 19.5 Å². The second kappa shape index (κ2) is 8.49. The van der Waals surface area contributed by atoms with Crippen molar-refractivity contribution in [3.05, 3.63) is 0 Å². The van der Waals surface area contributed by atoms with Crippen molar-refractivity contribution >= 4 is 17.8 Å². The first-order chi connectivity index (χ1) is 11.1. The number of nitrogens with zero attached hydrogens (tertiary/aromatic N) is 1. The Balaban J connectivity index is 2.88. The molecule has 1 rings (SSSR count). The summed E-state index contributed by atoms with van der Waals surface area (Å²) in [5.74, 6) is -1.21. The van der Waals surface area contributed by atoms with Crippen LogP contribution in [0.25, 0.3) is 0 Å². The highest BCUT2D eigenvalue weighted by molar-refractivity contribution is 5.79. The highest BCUT2D eigenvalue weighted by Crippen LogP contribution is 2.43. The van der Waals surface area contributed by atoms with E-state index in [1.807, 2.05) is 13.8 Å². The van der Waals surface area contributed by atoms with Crippen LogP contribution in [0.2, 0.25) is 0 Å². The van der Waals surface area contributed by atoms with Crippen LogP contribution in [0.1, 0.15) is 59.3 Å². The summed E-state index contributed by atoms with van der Waals surface area (Å²) < 4.78 is 0. The second-order valence-corrected chi connectivity index (χ2v) is 7.52. The molecule has 1 aliphatic rings. The van der Waals surface area contributed by atoms with Crippen molar-refractivity contribution in [3.8, 4) is 0 Å². The number of carbonyl (C=O) groups is 3. The Bertz CT molecular complexity index is 470. The summed E-state index contributed by atoms with van der Waals surface area (Å²) in [7, 11) is 3.43. The van der Waals surface area contributed by atoms with Crippen LogP contribution >= 0.6 is 0 Å². The van der Waals surface area contributed by atoms with E-state index in [4.69, 9.17) is 0 Å². The monoisotopic (exact) mass is 340 g/mol. The molecule has 0 bridgehead atoms. The number of carboxylic acids is 1. The number of hydrogen-bond donors (Lipinski definition) is 2. The van der Waals surface area contributed by atoms with Crippen molar-refractivity contribution in [3.63, 3.8) is 0 Å². The van der Waals surface area contributed by atoms with Crippen LogP contribution in [0.4, 0.5) is 0 Å². The number of nitrogens with one attached hydrogen (secondary N) is 1. The predicted octanol–water partition coefficient (Wildman–Crippen LogP) is 2.28. The minimum absolute atomic E-state index is 0.00163. The zero-order valence-electron chi connectivity index (χ0n) is 15.6. The first-order valence-corrected chi connectivity index (χ1v) is 8.82. The summed E-state index contributed by atoms with van der Waals surface area (Å²) in [5, 5.41) is 12.5. The van der Waals surface area contributed by atoms with Crippen molar-refractivity contribution in [1.82, 2.24) is 10.2 Å². The number of amides is 2. The molecule has 3 unspecified atom stereocenters. The van der Waals surface area contributed by atoms with Gasteiger partial charge >= 0.3 is 5.97 Å². The van der Waals surface area contributed by atoms with Crippen LogP contribution < -0.4 is 5.32 Å². The lowest BCUT2D eigenvalue weighted by Crippen LogP contribution is -2.44. The predicted molar refractivity (Wildman–Crippen MR) is 92.4 cm³/mol. The number of rotatable bonds is 8. The Morgan fingerprint density at radius 1 is 1.17 bits per heavy atom. The smallest absolute Gasteiger partial charge is 0.309 e. The topological polar surface area (TPSA) is 86.7 Å². The first kappa shape index (κ1) is 20.5. The molecule has 0 radical (unpaired) electrons. The highest BCUT2D eigenvalue weighted by Gasteiger charge is 2.42. The van der Waals surface area contributed by atoms with Crippen molar-refractivity contribution in [2.75, 3.05) is 14.1 Å². The lowest BCUT2D eigenvalue weighted by molar-refractivity contribution is -0.150. The molecule has 1 saturated carbocycles. The second-order valence-electron chi connectivity index (χ2n) is 7.52. The number of carbonyl (C=O) groups excluding carboxylic acids is 2. The fourth-order valence-electron chi connectivity index (χ4n) is 3.80. The SMILES string of the molecule is CC(=O)NC(C)C(C)C(CCC1(C(=O)O)CCCC1)C(=O)N(C)C. The number of hydrogen-bond acceptors (Lipinski definition) is 3.